The normalized spacial score (nSPS) is 10.6. The first-order chi connectivity index (χ1) is 13.4. The molecule has 0 aliphatic rings. The summed E-state index contributed by atoms with van der Waals surface area (Å²) >= 11 is 5.82. The van der Waals surface area contributed by atoms with Crippen LogP contribution in [0.15, 0.2) is 59.2 Å². The fourth-order valence-corrected chi connectivity index (χ4v) is 2.90. The Morgan fingerprint density at radius 1 is 1.25 bits per heavy atom. The quantitative estimate of drug-likeness (QED) is 0.431. The van der Waals surface area contributed by atoms with Crippen molar-refractivity contribution in [2.24, 2.45) is 0 Å². The van der Waals surface area contributed by atoms with Crippen molar-refractivity contribution >= 4 is 23.2 Å². The van der Waals surface area contributed by atoms with E-state index in [1.165, 1.54) is 18.4 Å². The third-order valence-electron chi connectivity index (χ3n) is 4.24. The SMILES string of the molecule is CN(Cc1coc(-c2ccc(Cl)c([N+](=O)[O-])c2)n1)C(=O)CCc1ccccc1. The summed E-state index contributed by atoms with van der Waals surface area (Å²) in [7, 11) is 1.70. The second-order valence-electron chi connectivity index (χ2n) is 6.30. The van der Waals surface area contributed by atoms with Gasteiger partial charge in [-0.2, -0.15) is 0 Å². The molecule has 0 saturated carbocycles. The number of oxazole rings is 1. The van der Waals surface area contributed by atoms with E-state index in [2.05, 4.69) is 4.98 Å². The lowest BCUT2D eigenvalue weighted by Crippen LogP contribution is -2.26. The third-order valence-corrected chi connectivity index (χ3v) is 4.56. The van der Waals surface area contributed by atoms with Gasteiger partial charge >= 0.3 is 0 Å². The molecule has 3 rings (SSSR count). The average molecular weight is 400 g/mol. The molecule has 1 aromatic heterocycles. The molecule has 1 amide bonds. The molecule has 144 valence electrons. The summed E-state index contributed by atoms with van der Waals surface area (Å²) in [6.07, 6.45) is 2.51. The van der Waals surface area contributed by atoms with Crippen molar-refractivity contribution in [3.63, 3.8) is 0 Å². The number of carbonyl (C=O) groups excluding carboxylic acids is 1. The fraction of sp³-hybridized carbons (Fsp3) is 0.200. The topological polar surface area (TPSA) is 89.5 Å². The van der Waals surface area contributed by atoms with Gasteiger partial charge in [-0.1, -0.05) is 41.9 Å². The first-order valence-electron chi connectivity index (χ1n) is 8.60. The summed E-state index contributed by atoms with van der Waals surface area (Å²) in [5.74, 6) is 0.232. The van der Waals surface area contributed by atoms with Crippen LogP contribution in [0.1, 0.15) is 17.7 Å². The summed E-state index contributed by atoms with van der Waals surface area (Å²) in [4.78, 5) is 28.7. The van der Waals surface area contributed by atoms with E-state index < -0.39 is 4.92 Å². The molecule has 0 fully saturated rings. The Labute approximate surface area is 166 Å². The second kappa shape index (κ2) is 8.67. The van der Waals surface area contributed by atoms with Crippen molar-refractivity contribution in [1.29, 1.82) is 0 Å². The van der Waals surface area contributed by atoms with E-state index in [4.69, 9.17) is 16.0 Å². The molecule has 0 aliphatic heterocycles. The summed E-state index contributed by atoms with van der Waals surface area (Å²) in [5, 5.41) is 11.1. The lowest BCUT2D eigenvalue weighted by molar-refractivity contribution is -0.384. The van der Waals surface area contributed by atoms with Crippen molar-refractivity contribution < 1.29 is 14.1 Å². The van der Waals surface area contributed by atoms with Crippen LogP contribution in [0, 0.1) is 10.1 Å². The van der Waals surface area contributed by atoms with E-state index >= 15 is 0 Å². The van der Waals surface area contributed by atoms with Crippen LogP contribution in [0.4, 0.5) is 5.69 Å². The highest BCUT2D eigenvalue weighted by Gasteiger charge is 2.17. The molecule has 0 radical (unpaired) electrons. The molecule has 7 nitrogen and oxygen atoms in total. The Morgan fingerprint density at radius 2 is 2.00 bits per heavy atom. The Balaban J connectivity index is 1.63. The lowest BCUT2D eigenvalue weighted by Gasteiger charge is -2.15. The van der Waals surface area contributed by atoms with E-state index in [1.807, 2.05) is 30.3 Å². The highest BCUT2D eigenvalue weighted by Crippen LogP contribution is 2.30. The van der Waals surface area contributed by atoms with E-state index in [9.17, 15) is 14.9 Å². The van der Waals surface area contributed by atoms with Crippen molar-refractivity contribution in [1.82, 2.24) is 9.88 Å². The lowest BCUT2D eigenvalue weighted by atomic mass is 10.1. The minimum Gasteiger partial charge on any atom is -0.444 e. The van der Waals surface area contributed by atoms with Crippen molar-refractivity contribution in [2.75, 3.05) is 7.05 Å². The maximum atomic E-state index is 12.3. The van der Waals surface area contributed by atoms with Gasteiger partial charge in [0.1, 0.15) is 11.3 Å². The standard InChI is InChI=1S/C20H18ClN3O4/c1-23(19(25)10-7-14-5-3-2-4-6-14)12-16-13-28-20(22-16)15-8-9-17(21)18(11-15)24(26)27/h2-6,8-9,11,13H,7,10,12H2,1H3. The molecule has 1 heterocycles. The van der Waals surface area contributed by atoms with Crippen molar-refractivity contribution in [3.8, 4) is 11.5 Å². The number of aromatic nitrogens is 1. The second-order valence-corrected chi connectivity index (χ2v) is 6.71. The predicted molar refractivity (Wildman–Crippen MR) is 105 cm³/mol. The summed E-state index contributed by atoms with van der Waals surface area (Å²) in [6, 6.07) is 14.1. The molecular weight excluding hydrogens is 382 g/mol. The minimum absolute atomic E-state index is 0.00414. The number of nitro benzene ring substituents is 1. The van der Waals surface area contributed by atoms with Crippen LogP contribution in [-0.4, -0.2) is 27.8 Å². The molecule has 3 aromatic rings. The maximum absolute atomic E-state index is 12.3. The van der Waals surface area contributed by atoms with E-state index in [0.29, 0.717) is 24.1 Å². The molecule has 0 atom stereocenters. The van der Waals surface area contributed by atoms with Crippen LogP contribution >= 0.6 is 11.6 Å². The number of nitrogens with zero attached hydrogens (tertiary/aromatic N) is 3. The van der Waals surface area contributed by atoms with Crippen molar-refractivity contribution in [2.45, 2.75) is 19.4 Å². The van der Waals surface area contributed by atoms with Gasteiger partial charge in [0, 0.05) is 25.1 Å². The van der Waals surface area contributed by atoms with Crippen LogP contribution in [0.3, 0.4) is 0 Å². The molecule has 0 bridgehead atoms. The first kappa shape index (κ1) is 19.6. The van der Waals surface area contributed by atoms with Gasteiger partial charge in [0.15, 0.2) is 0 Å². The minimum atomic E-state index is -0.561. The van der Waals surface area contributed by atoms with Crippen LogP contribution in [0.5, 0.6) is 0 Å². The third kappa shape index (κ3) is 4.75. The molecule has 28 heavy (non-hydrogen) atoms. The number of aryl methyl sites for hydroxylation is 1. The Hall–Kier alpha value is -3.19. The van der Waals surface area contributed by atoms with Gasteiger partial charge in [-0.25, -0.2) is 4.98 Å². The number of benzene rings is 2. The summed E-state index contributed by atoms with van der Waals surface area (Å²) < 4.78 is 5.42. The largest absolute Gasteiger partial charge is 0.444 e. The van der Waals surface area contributed by atoms with Gasteiger partial charge in [0.25, 0.3) is 5.69 Å². The van der Waals surface area contributed by atoms with Gasteiger partial charge in [-0.05, 0) is 24.1 Å². The zero-order valence-electron chi connectivity index (χ0n) is 15.2. The molecule has 8 heteroatoms. The average Bonchev–Trinajstić information content (AvgIpc) is 3.15. The molecule has 0 saturated heterocycles. The highest BCUT2D eigenvalue weighted by molar-refractivity contribution is 6.32. The molecule has 0 N–H and O–H groups in total. The Kier molecular flexibility index (Phi) is 6.06. The Bertz CT molecular complexity index is 988. The van der Waals surface area contributed by atoms with Gasteiger partial charge < -0.3 is 9.32 Å². The Morgan fingerprint density at radius 3 is 2.71 bits per heavy atom. The van der Waals surface area contributed by atoms with Crippen LogP contribution in [0.25, 0.3) is 11.5 Å². The van der Waals surface area contributed by atoms with Gasteiger partial charge in [-0.15, -0.1) is 0 Å². The van der Waals surface area contributed by atoms with E-state index in [-0.39, 0.29) is 29.1 Å². The molecular formula is C20H18ClN3O4. The smallest absolute Gasteiger partial charge is 0.288 e. The molecule has 0 spiro atoms. The molecule has 2 aromatic carbocycles. The van der Waals surface area contributed by atoms with E-state index in [1.54, 1.807) is 18.0 Å². The van der Waals surface area contributed by atoms with Crippen LogP contribution in [-0.2, 0) is 17.8 Å². The number of hydrogen-bond acceptors (Lipinski definition) is 5. The fourth-order valence-electron chi connectivity index (χ4n) is 2.72. The molecule has 0 unspecified atom stereocenters. The van der Waals surface area contributed by atoms with Gasteiger partial charge in [0.05, 0.1) is 17.2 Å². The molecule has 0 aliphatic carbocycles. The maximum Gasteiger partial charge on any atom is 0.288 e. The zero-order valence-corrected chi connectivity index (χ0v) is 15.9. The number of hydrogen-bond donors (Lipinski definition) is 0. The number of carbonyl (C=O) groups is 1. The number of amides is 1. The van der Waals surface area contributed by atoms with Crippen molar-refractivity contribution in [3.05, 3.63) is 81.2 Å². The van der Waals surface area contributed by atoms with Gasteiger partial charge in [-0.3, -0.25) is 14.9 Å². The zero-order chi connectivity index (χ0) is 20.1. The summed E-state index contributed by atoms with van der Waals surface area (Å²) in [5.41, 5.74) is 1.90. The predicted octanol–water partition coefficient (Wildman–Crippen LogP) is 4.49. The highest BCUT2D eigenvalue weighted by atomic mass is 35.5. The summed E-state index contributed by atoms with van der Waals surface area (Å²) in [6.45, 7) is 0.285. The van der Waals surface area contributed by atoms with Gasteiger partial charge in [0.2, 0.25) is 11.8 Å². The number of nitro groups is 1. The monoisotopic (exact) mass is 399 g/mol. The van der Waals surface area contributed by atoms with Crippen LogP contribution < -0.4 is 0 Å². The van der Waals surface area contributed by atoms with Crippen LogP contribution in [0.2, 0.25) is 5.02 Å². The number of halogens is 1. The first-order valence-corrected chi connectivity index (χ1v) is 8.98. The van der Waals surface area contributed by atoms with E-state index in [0.717, 1.165) is 5.56 Å². The number of rotatable bonds is 7.